The summed E-state index contributed by atoms with van der Waals surface area (Å²) < 4.78 is 2.20. The number of nitrogens with one attached hydrogen (secondary N) is 1. The van der Waals surface area contributed by atoms with E-state index in [2.05, 4.69) is 46.8 Å². The highest BCUT2D eigenvalue weighted by atomic mass is 16.2. The molecule has 2 fully saturated rings. The van der Waals surface area contributed by atoms with E-state index in [-0.39, 0.29) is 17.7 Å². The minimum Gasteiger partial charge on any atom is -0.356 e. The minimum absolute atomic E-state index is 0.134. The molecule has 1 heterocycles. The third kappa shape index (κ3) is 7.39. The Kier molecular flexibility index (Phi) is 11.1. The SMILES string of the molecule is CCC(CC)C(=O)NCCCCCc1nc2ccccc2n1CC(=O)N(C1CCCCC1)C1CCCCC1. The number of hydrogen-bond acceptors (Lipinski definition) is 3. The van der Waals surface area contributed by atoms with Gasteiger partial charge in [0.25, 0.3) is 0 Å². The summed E-state index contributed by atoms with van der Waals surface area (Å²) in [6.07, 6.45) is 17.9. The normalized spacial score (nSPS) is 17.2. The van der Waals surface area contributed by atoms with Crippen molar-refractivity contribution < 1.29 is 9.59 Å². The predicted molar refractivity (Wildman–Crippen MR) is 155 cm³/mol. The van der Waals surface area contributed by atoms with Gasteiger partial charge in [-0.05, 0) is 63.5 Å². The van der Waals surface area contributed by atoms with Crippen molar-refractivity contribution in [2.75, 3.05) is 6.54 Å². The Morgan fingerprint density at radius 2 is 1.55 bits per heavy atom. The molecule has 0 spiro atoms. The van der Waals surface area contributed by atoms with Gasteiger partial charge >= 0.3 is 0 Å². The largest absolute Gasteiger partial charge is 0.356 e. The van der Waals surface area contributed by atoms with Gasteiger partial charge in [0.2, 0.25) is 11.8 Å². The molecule has 0 unspecified atom stereocenters. The zero-order valence-electron chi connectivity index (χ0n) is 23.9. The number of fused-ring (bicyclic) bond motifs is 1. The first-order chi connectivity index (χ1) is 18.6. The number of nitrogens with zero attached hydrogens (tertiary/aromatic N) is 3. The molecule has 2 saturated carbocycles. The molecular weight excluding hydrogens is 472 g/mol. The number of carbonyl (C=O) groups is 2. The van der Waals surface area contributed by atoms with Crippen LogP contribution in [0.3, 0.4) is 0 Å². The van der Waals surface area contributed by atoms with Crippen LogP contribution in [0.4, 0.5) is 0 Å². The zero-order valence-corrected chi connectivity index (χ0v) is 23.9. The Labute approximate surface area is 229 Å². The first-order valence-corrected chi connectivity index (χ1v) is 15.6. The number of imidazole rings is 1. The topological polar surface area (TPSA) is 67.2 Å². The first-order valence-electron chi connectivity index (χ1n) is 15.6. The van der Waals surface area contributed by atoms with E-state index in [9.17, 15) is 9.59 Å². The maximum absolute atomic E-state index is 14.0. The molecule has 4 rings (SSSR count). The fourth-order valence-corrected chi connectivity index (χ4v) is 6.73. The molecule has 0 saturated heterocycles. The monoisotopic (exact) mass is 522 g/mol. The lowest BCUT2D eigenvalue weighted by molar-refractivity contribution is -0.138. The fraction of sp³-hybridized carbons (Fsp3) is 0.719. The third-order valence-electron chi connectivity index (χ3n) is 8.98. The molecule has 2 amide bonds. The van der Waals surface area contributed by atoms with Crippen molar-refractivity contribution in [3.05, 3.63) is 30.1 Å². The van der Waals surface area contributed by atoms with E-state index in [1.807, 2.05) is 6.07 Å². The summed E-state index contributed by atoms with van der Waals surface area (Å²) in [5, 5.41) is 3.11. The highest BCUT2D eigenvalue weighted by molar-refractivity contribution is 5.81. The molecular formula is C32H50N4O2. The quantitative estimate of drug-likeness (QED) is 0.294. The molecule has 1 aromatic carbocycles. The van der Waals surface area contributed by atoms with Gasteiger partial charge in [-0.3, -0.25) is 9.59 Å². The zero-order chi connectivity index (χ0) is 26.7. The Hall–Kier alpha value is -2.37. The Bertz CT molecular complexity index is 998. The van der Waals surface area contributed by atoms with E-state index < -0.39 is 0 Å². The number of aryl methyl sites for hydroxylation is 1. The van der Waals surface area contributed by atoms with Crippen molar-refractivity contribution in [1.29, 1.82) is 0 Å². The van der Waals surface area contributed by atoms with Gasteiger partial charge in [0.1, 0.15) is 12.4 Å². The molecule has 0 bridgehead atoms. The van der Waals surface area contributed by atoms with Crippen LogP contribution < -0.4 is 5.32 Å². The summed E-state index contributed by atoms with van der Waals surface area (Å²) in [7, 11) is 0. The number of amides is 2. The summed E-state index contributed by atoms with van der Waals surface area (Å²) in [6, 6.07) is 9.08. The van der Waals surface area contributed by atoms with Gasteiger partial charge < -0.3 is 14.8 Å². The van der Waals surface area contributed by atoms with Crippen LogP contribution in [0.2, 0.25) is 0 Å². The number of rotatable bonds is 13. The van der Waals surface area contributed by atoms with Crippen molar-refractivity contribution in [1.82, 2.24) is 19.8 Å². The lowest BCUT2D eigenvalue weighted by atomic mass is 9.88. The number of aromatic nitrogens is 2. The van der Waals surface area contributed by atoms with Crippen molar-refractivity contribution in [3.8, 4) is 0 Å². The van der Waals surface area contributed by atoms with Crippen LogP contribution in [0.5, 0.6) is 0 Å². The van der Waals surface area contributed by atoms with E-state index >= 15 is 0 Å². The summed E-state index contributed by atoms with van der Waals surface area (Å²) in [4.78, 5) is 33.6. The van der Waals surface area contributed by atoms with E-state index in [4.69, 9.17) is 4.98 Å². The molecule has 1 N–H and O–H groups in total. The van der Waals surface area contributed by atoms with Gasteiger partial charge in [-0.25, -0.2) is 4.98 Å². The van der Waals surface area contributed by atoms with E-state index in [0.29, 0.717) is 18.6 Å². The Morgan fingerprint density at radius 1 is 0.921 bits per heavy atom. The van der Waals surface area contributed by atoms with Gasteiger partial charge in [0.15, 0.2) is 0 Å². The van der Waals surface area contributed by atoms with E-state index in [1.54, 1.807) is 0 Å². The second kappa shape index (κ2) is 14.7. The standard InChI is InChI=1S/C32H50N4O2/c1-3-25(4-2)32(38)33-23-15-7-12-22-30-34-28-20-13-14-21-29(28)35(30)24-31(37)36(26-16-8-5-9-17-26)27-18-10-6-11-19-27/h13-14,20-21,25-27H,3-12,15-19,22-24H2,1-2H3,(H,33,38). The van der Waals surface area contributed by atoms with E-state index in [1.165, 1.54) is 38.5 Å². The van der Waals surface area contributed by atoms with E-state index in [0.717, 1.165) is 87.6 Å². The average molecular weight is 523 g/mol. The van der Waals surface area contributed by atoms with Gasteiger partial charge in [0.05, 0.1) is 11.0 Å². The molecule has 210 valence electrons. The Morgan fingerprint density at radius 3 is 2.18 bits per heavy atom. The second-order valence-electron chi connectivity index (χ2n) is 11.6. The highest BCUT2D eigenvalue weighted by Gasteiger charge is 2.33. The van der Waals surface area contributed by atoms with Gasteiger partial charge in [-0.2, -0.15) is 0 Å². The van der Waals surface area contributed by atoms with Crippen LogP contribution in [0, 0.1) is 5.92 Å². The summed E-state index contributed by atoms with van der Waals surface area (Å²) in [5.74, 6) is 1.63. The average Bonchev–Trinajstić information content (AvgIpc) is 3.29. The van der Waals surface area contributed by atoms with Crippen molar-refractivity contribution >= 4 is 22.8 Å². The molecule has 0 radical (unpaired) electrons. The predicted octanol–water partition coefficient (Wildman–Crippen LogP) is 6.80. The van der Waals surface area contributed by atoms with Crippen LogP contribution in [0.15, 0.2) is 24.3 Å². The summed E-state index contributed by atoms with van der Waals surface area (Å²) >= 11 is 0. The molecule has 0 atom stereocenters. The molecule has 2 aromatic rings. The molecule has 2 aliphatic rings. The van der Waals surface area contributed by atoms with Gasteiger partial charge in [-0.1, -0.05) is 70.9 Å². The lowest BCUT2D eigenvalue weighted by Crippen LogP contribution is -2.50. The molecule has 2 aliphatic carbocycles. The third-order valence-corrected chi connectivity index (χ3v) is 8.98. The van der Waals surface area contributed by atoms with Crippen molar-refractivity contribution in [2.24, 2.45) is 5.92 Å². The van der Waals surface area contributed by atoms with Crippen LogP contribution in [0.25, 0.3) is 11.0 Å². The second-order valence-corrected chi connectivity index (χ2v) is 11.6. The molecule has 38 heavy (non-hydrogen) atoms. The number of unbranched alkanes of at least 4 members (excludes halogenated alkanes) is 2. The lowest BCUT2D eigenvalue weighted by Gasteiger charge is -2.42. The fourth-order valence-electron chi connectivity index (χ4n) is 6.73. The van der Waals surface area contributed by atoms with Crippen LogP contribution in [0.1, 0.15) is 116 Å². The van der Waals surface area contributed by atoms with Crippen LogP contribution in [-0.4, -0.2) is 44.9 Å². The molecule has 6 nitrogen and oxygen atoms in total. The summed E-state index contributed by atoms with van der Waals surface area (Å²) in [5.41, 5.74) is 2.05. The number of carbonyl (C=O) groups excluding carboxylic acids is 2. The maximum Gasteiger partial charge on any atom is 0.243 e. The van der Waals surface area contributed by atoms with Crippen LogP contribution >= 0.6 is 0 Å². The summed E-state index contributed by atoms with van der Waals surface area (Å²) in [6.45, 7) is 5.29. The number of benzene rings is 1. The van der Waals surface area contributed by atoms with Gasteiger partial charge in [0, 0.05) is 31.0 Å². The number of hydrogen-bond donors (Lipinski definition) is 1. The smallest absolute Gasteiger partial charge is 0.243 e. The van der Waals surface area contributed by atoms with Gasteiger partial charge in [-0.15, -0.1) is 0 Å². The van der Waals surface area contributed by atoms with Crippen molar-refractivity contribution in [3.63, 3.8) is 0 Å². The maximum atomic E-state index is 14.0. The van der Waals surface area contributed by atoms with Crippen molar-refractivity contribution in [2.45, 2.75) is 135 Å². The molecule has 1 aromatic heterocycles. The Balaban J connectivity index is 1.40. The van der Waals surface area contributed by atoms with Crippen LogP contribution in [-0.2, 0) is 22.6 Å². The first kappa shape index (κ1) is 28.6. The minimum atomic E-state index is 0.134. The molecule has 6 heteroatoms. The molecule has 0 aliphatic heterocycles. The highest BCUT2D eigenvalue weighted by Crippen LogP contribution is 2.31. The number of para-hydroxylation sites is 2.